The number of nitrogens with one attached hydrogen (secondary N) is 1. The number of ketones is 2. The molecule has 1 aliphatic carbocycles. The zero-order valence-electron chi connectivity index (χ0n) is 16.0. The predicted octanol–water partition coefficient (Wildman–Crippen LogP) is 1.71. The molecule has 30 heavy (non-hydrogen) atoms. The molecule has 0 atom stereocenters. The number of aromatic hydroxyl groups is 2. The third-order valence-corrected chi connectivity index (χ3v) is 4.49. The van der Waals surface area contributed by atoms with Crippen LogP contribution < -0.4 is 5.32 Å². The Balaban J connectivity index is 2.06. The van der Waals surface area contributed by atoms with Crippen molar-refractivity contribution in [1.29, 1.82) is 0 Å². The number of phenolic OH excluding ortho intramolecular Hbond substituents is 2. The van der Waals surface area contributed by atoms with Crippen molar-refractivity contribution in [1.82, 2.24) is 5.32 Å². The summed E-state index contributed by atoms with van der Waals surface area (Å²) in [6, 6.07) is 0.932. The van der Waals surface area contributed by atoms with Crippen LogP contribution in [0.4, 0.5) is 0 Å². The van der Waals surface area contributed by atoms with Crippen molar-refractivity contribution < 1.29 is 38.9 Å². The Labute approximate surface area is 176 Å². The van der Waals surface area contributed by atoms with Crippen LogP contribution in [-0.4, -0.2) is 47.9 Å². The van der Waals surface area contributed by atoms with Gasteiger partial charge in [-0.05, 0) is 24.5 Å². The number of esters is 1. The van der Waals surface area contributed by atoms with Gasteiger partial charge in [-0.15, -0.1) is 0 Å². The number of carbonyl (C=O) groups excluding carboxylic acids is 4. The lowest BCUT2D eigenvalue weighted by Crippen LogP contribution is -2.28. The van der Waals surface area contributed by atoms with Crippen LogP contribution in [0, 0.1) is 0 Å². The minimum atomic E-state index is -0.831. The fraction of sp³-hybridized carbons (Fsp3) is 0.200. The number of hydrogen-bond donors (Lipinski definition) is 3. The van der Waals surface area contributed by atoms with Crippen LogP contribution in [0.5, 0.6) is 11.5 Å². The maximum absolute atomic E-state index is 12.0. The van der Waals surface area contributed by atoms with Crippen molar-refractivity contribution in [3.63, 3.8) is 0 Å². The largest absolute Gasteiger partial charge is 0.507 e. The standard InChI is InChI=1S/C20H18ClNO8/c1-29-16-9-12(23)11(7-13(16)24)22-17(27)6-4-3-5-10-18(20(28)30-2)14(25)8-15(26)19(10)21/h4,6-9,25-26H,3,5H2,1-2H3,(H,22,27)/b6-4-. The number of benzene rings is 1. The van der Waals surface area contributed by atoms with Crippen LogP contribution >= 0.6 is 11.6 Å². The van der Waals surface area contributed by atoms with E-state index in [9.17, 15) is 29.4 Å². The lowest BCUT2D eigenvalue weighted by atomic mass is 10.0. The van der Waals surface area contributed by atoms with E-state index in [1.807, 2.05) is 0 Å². The quantitative estimate of drug-likeness (QED) is 0.334. The van der Waals surface area contributed by atoms with Gasteiger partial charge in [0.25, 0.3) is 0 Å². The molecule has 0 heterocycles. The van der Waals surface area contributed by atoms with Gasteiger partial charge in [0, 0.05) is 18.2 Å². The number of carbonyl (C=O) groups is 4. The van der Waals surface area contributed by atoms with Crippen molar-refractivity contribution in [2.24, 2.45) is 0 Å². The Morgan fingerprint density at radius 2 is 1.83 bits per heavy atom. The monoisotopic (exact) mass is 435 g/mol. The molecule has 0 saturated heterocycles. The van der Waals surface area contributed by atoms with Gasteiger partial charge >= 0.3 is 5.97 Å². The van der Waals surface area contributed by atoms with E-state index >= 15 is 0 Å². The second-order valence-corrected chi connectivity index (χ2v) is 6.38. The van der Waals surface area contributed by atoms with E-state index in [0.717, 1.165) is 31.4 Å². The molecule has 0 bridgehead atoms. The molecular formula is C20H18ClNO8. The van der Waals surface area contributed by atoms with Gasteiger partial charge in [-0.25, -0.2) is 4.79 Å². The Hall–Kier alpha value is -3.59. The highest BCUT2D eigenvalue weighted by Gasteiger charge is 2.23. The number of rotatable bonds is 7. The van der Waals surface area contributed by atoms with Crippen LogP contribution in [0.25, 0.3) is 0 Å². The summed E-state index contributed by atoms with van der Waals surface area (Å²) in [7, 11) is 2.38. The van der Waals surface area contributed by atoms with Crippen LogP contribution in [0.3, 0.4) is 0 Å². The van der Waals surface area contributed by atoms with Gasteiger partial charge in [0.2, 0.25) is 17.5 Å². The summed E-state index contributed by atoms with van der Waals surface area (Å²) >= 11 is 6.03. The van der Waals surface area contributed by atoms with Crippen molar-refractivity contribution >= 4 is 35.0 Å². The molecule has 0 aromatic heterocycles. The maximum atomic E-state index is 12.0. The van der Waals surface area contributed by atoms with Crippen LogP contribution in [0.2, 0.25) is 5.02 Å². The first-order valence-electron chi connectivity index (χ1n) is 8.54. The van der Waals surface area contributed by atoms with Gasteiger partial charge in [0.1, 0.15) is 17.1 Å². The zero-order valence-corrected chi connectivity index (χ0v) is 16.8. The van der Waals surface area contributed by atoms with Crippen molar-refractivity contribution in [2.45, 2.75) is 12.8 Å². The molecule has 10 heteroatoms. The molecule has 0 fully saturated rings. The molecule has 0 saturated carbocycles. The smallest absolute Gasteiger partial charge is 0.341 e. The fourth-order valence-corrected chi connectivity index (χ4v) is 2.88. The average molecular weight is 436 g/mol. The topological polar surface area (TPSA) is 139 Å². The first-order valence-corrected chi connectivity index (χ1v) is 8.92. The molecule has 3 N–H and O–H groups in total. The molecule has 0 aliphatic heterocycles. The van der Waals surface area contributed by atoms with Gasteiger partial charge in [-0.1, -0.05) is 17.7 Å². The number of hydrogen-bond acceptors (Lipinski definition) is 8. The predicted molar refractivity (Wildman–Crippen MR) is 105 cm³/mol. The third kappa shape index (κ3) is 5.06. The van der Waals surface area contributed by atoms with E-state index < -0.39 is 34.9 Å². The van der Waals surface area contributed by atoms with Crippen molar-refractivity contribution in [3.05, 3.63) is 58.0 Å². The third-order valence-electron chi connectivity index (χ3n) is 4.06. The Morgan fingerprint density at radius 1 is 1.13 bits per heavy atom. The van der Waals surface area contributed by atoms with Gasteiger partial charge in [0.15, 0.2) is 5.76 Å². The van der Waals surface area contributed by atoms with E-state index in [2.05, 4.69) is 10.1 Å². The number of halogens is 1. The average Bonchev–Trinajstić information content (AvgIpc) is 2.70. The van der Waals surface area contributed by atoms with E-state index in [4.69, 9.17) is 16.3 Å². The van der Waals surface area contributed by atoms with Crippen LogP contribution in [0.1, 0.15) is 22.3 Å². The molecule has 9 nitrogen and oxygen atoms in total. The summed E-state index contributed by atoms with van der Waals surface area (Å²) in [5.74, 6) is -3.65. The first-order chi connectivity index (χ1) is 14.2. The second kappa shape index (κ2) is 9.75. The molecule has 1 aliphatic rings. The Morgan fingerprint density at radius 3 is 2.47 bits per heavy atom. The Kier molecular flexibility index (Phi) is 7.38. The molecule has 2 rings (SSSR count). The zero-order chi connectivity index (χ0) is 22.4. The normalized spacial score (nSPS) is 13.7. The van der Waals surface area contributed by atoms with Crippen LogP contribution in [0.15, 0.2) is 41.8 Å². The van der Waals surface area contributed by atoms with Gasteiger partial charge in [0.05, 0.1) is 24.9 Å². The summed E-state index contributed by atoms with van der Waals surface area (Å²) < 4.78 is 9.37. The summed E-state index contributed by atoms with van der Waals surface area (Å²) in [6.07, 6.45) is 4.79. The number of allylic oxidation sites excluding steroid dienone is 3. The number of phenols is 2. The van der Waals surface area contributed by atoms with Gasteiger partial charge in [-0.2, -0.15) is 0 Å². The molecule has 0 spiro atoms. The molecule has 1 aromatic rings. The molecule has 0 unspecified atom stereocenters. The highest BCUT2D eigenvalue weighted by Crippen LogP contribution is 2.37. The SMILES string of the molecule is COC(=O)c1c(O)cc(O)c(Cl)c1CC/C=C\C(=O)NC1=CC(=O)C(OC)=CC1=O. The van der Waals surface area contributed by atoms with Crippen LogP contribution in [-0.2, 0) is 30.3 Å². The highest BCUT2D eigenvalue weighted by atomic mass is 35.5. The summed E-state index contributed by atoms with van der Waals surface area (Å²) in [5.41, 5.74) is -0.223. The van der Waals surface area contributed by atoms with Crippen molar-refractivity contribution in [2.75, 3.05) is 14.2 Å². The second-order valence-electron chi connectivity index (χ2n) is 6.00. The molecular weight excluding hydrogens is 418 g/mol. The first kappa shape index (κ1) is 22.7. The van der Waals surface area contributed by atoms with E-state index in [1.54, 1.807) is 0 Å². The van der Waals surface area contributed by atoms with E-state index in [-0.39, 0.29) is 40.4 Å². The van der Waals surface area contributed by atoms with Gasteiger partial charge in [-0.3, -0.25) is 14.4 Å². The minimum Gasteiger partial charge on any atom is -0.507 e. The highest BCUT2D eigenvalue weighted by molar-refractivity contribution is 6.33. The lowest BCUT2D eigenvalue weighted by molar-refractivity contribution is -0.119. The molecule has 1 aromatic carbocycles. The molecule has 0 radical (unpaired) electrons. The molecule has 1 amide bonds. The lowest BCUT2D eigenvalue weighted by Gasteiger charge is -2.12. The maximum Gasteiger partial charge on any atom is 0.341 e. The van der Waals surface area contributed by atoms with E-state index in [0.29, 0.717) is 0 Å². The number of methoxy groups -OCH3 is 2. The number of amides is 1. The van der Waals surface area contributed by atoms with E-state index in [1.165, 1.54) is 13.2 Å². The fourth-order valence-electron chi connectivity index (χ4n) is 2.64. The molecule has 158 valence electrons. The summed E-state index contributed by atoms with van der Waals surface area (Å²) in [4.78, 5) is 47.5. The minimum absolute atomic E-state index is 0.0923. The summed E-state index contributed by atoms with van der Waals surface area (Å²) in [5, 5.41) is 21.9. The number of ether oxygens (including phenoxy) is 2. The Bertz CT molecular complexity index is 1010. The van der Waals surface area contributed by atoms with Gasteiger partial charge < -0.3 is 25.0 Å². The summed E-state index contributed by atoms with van der Waals surface area (Å²) in [6.45, 7) is 0. The van der Waals surface area contributed by atoms with Crippen molar-refractivity contribution in [3.8, 4) is 11.5 Å².